The predicted molar refractivity (Wildman–Crippen MR) is 146 cm³/mol. The molecule has 1 atom stereocenters. The normalized spacial score (nSPS) is 16.1. The number of allylic oxidation sites excluding steroid dienone is 2. The minimum absolute atomic E-state index is 0.0490. The van der Waals surface area contributed by atoms with Crippen molar-refractivity contribution in [2.45, 2.75) is 33.2 Å². The van der Waals surface area contributed by atoms with Crippen LogP contribution in [0.2, 0.25) is 0 Å². The first-order valence-electron chi connectivity index (χ1n) is 12.5. The topological polar surface area (TPSA) is 109 Å². The van der Waals surface area contributed by atoms with Crippen LogP contribution in [-0.4, -0.2) is 35.6 Å². The molecule has 2 aliphatic heterocycles. The Hall–Kier alpha value is -4.31. The number of phenolic OH excluding ortho intramolecular Hbond substituents is 1. The van der Waals surface area contributed by atoms with Crippen molar-refractivity contribution in [2.24, 2.45) is 4.99 Å². The van der Waals surface area contributed by atoms with Crippen LogP contribution >= 0.6 is 11.3 Å². The second kappa shape index (κ2) is 10.8. The molecule has 0 aliphatic carbocycles. The minimum atomic E-state index is -0.771. The molecule has 10 heteroatoms. The molecule has 3 aromatic rings. The van der Waals surface area contributed by atoms with E-state index in [-0.39, 0.29) is 30.3 Å². The van der Waals surface area contributed by atoms with E-state index in [2.05, 4.69) is 11.6 Å². The Morgan fingerprint density at radius 3 is 2.77 bits per heavy atom. The van der Waals surface area contributed by atoms with Gasteiger partial charge in [0.25, 0.3) is 5.56 Å². The van der Waals surface area contributed by atoms with Crippen molar-refractivity contribution in [2.75, 3.05) is 20.0 Å². The zero-order valence-corrected chi connectivity index (χ0v) is 22.7. The van der Waals surface area contributed by atoms with Gasteiger partial charge >= 0.3 is 5.97 Å². The Labute approximate surface area is 228 Å². The predicted octanol–water partition coefficient (Wildman–Crippen LogP) is 3.36. The van der Waals surface area contributed by atoms with E-state index in [1.165, 1.54) is 15.9 Å². The standard InChI is InChI=1S/C29H28N2O7S/c1-5-8-19-11-17(12-22(26(19)32)35-6-2)13-23-27(33)31-25(18-9-10-20-21(14-18)38-15-37-20)24(28(34)36-7-3)16(4)30-29(31)39-23/h5,9-14,25,32H,1,6-8,15H2,2-4H3/b23-13+/t25-/m1/s1. The third-order valence-corrected chi connectivity index (χ3v) is 7.35. The van der Waals surface area contributed by atoms with Gasteiger partial charge in [0.05, 0.1) is 35.1 Å². The second-order valence-corrected chi connectivity index (χ2v) is 9.88. The smallest absolute Gasteiger partial charge is 0.338 e. The fourth-order valence-electron chi connectivity index (χ4n) is 4.69. The number of fused-ring (bicyclic) bond motifs is 2. The molecule has 0 fully saturated rings. The molecule has 0 unspecified atom stereocenters. The van der Waals surface area contributed by atoms with Crippen LogP contribution in [0.25, 0.3) is 6.08 Å². The largest absolute Gasteiger partial charge is 0.504 e. The highest BCUT2D eigenvalue weighted by atomic mass is 32.1. The summed E-state index contributed by atoms with van der Waals surface area (Å²) in [6.45, 7) is 9.72. The minimum Gasteiger partial charge on any atom is -0.504 e. The highest BCUT2D eigenvalue weighted by Crippen LogP contribution is 2.38. The monoisotopic (exact) mass is 548 g/mol. The number of ether oxygens (including phenoxy) is 4. The van der Waals surface area contributed by atoms with Crippen molar-refractivity contribution in [1.29, 1.82) is 0 Å². The van der Waals surface area contributed by atoms with Crippen LogP contribution in [0.15, 0.2) is 64.0 Å². The lowest BCUT2D eigenvalue weighted by Crippen LogP contribution is -2.39. The molecule has 0 bridgehead atoms. The molecule has 0 radical (unpaired) electrons. The first kappa shape index (κ1) is 26.3. The highest BCUT2D eigenvalue weighted by molar-refractivity contribution is 7.07. The van der Waals surface area contributed by atoms with E-state index in [0.717, 1.165) is 0 Å². The molecular weight excluding hydrogens is 520 g/mol. The van der Waals surface area contributed by atoms with Gasteiger partial charge in [0.1, 0.15) is 0 Å². The van der Waals surface area contributed by atoms with E-state index in [1.54, 1.807) is 50.3 Å². The molecule has 202 valence electrons. The van der Waals surface area contributed by atoms with Crippen LogP contribution in [-0.2, 0) is 16.0 Å². The summed E-state index contributed by atoms with van der Waals surface area (Å²) in [4.78, 5) is 32.1. The SMILES string of the molecule is C=CCc1cc(/C=c2/sc3n(c2=O)[C@H](c2ccc4c(c2)OCO4)C(C(=O)OCC)=C(C)N=3)cc(OCC)c1O. The summed E-state index contributed by atoms with van der Waals surface area (Å²) < 4.78 is 23.9. The van der Waals surface area contributed by atoms with Crippen molar-refractivity contribution in [3.63, 3.8) is 0 Å². The average Bonchev–Trinajstić information content (AvgIpc) is 3.50. The van der Waals surface area contributed by atoms with E-state index in [0.29, 0.717) is 62.0 Å². The molecule has 0 spiro atoms. The third-order valence-electron chi connectivity index (χ3n) is 6.37. The number of thiazole rings is 1. The van der Waals surface area contributed by atoms with Crippen LogP contribution < -0.4 is 29.1 Å². The lowest BCUT2D eigenvalue weighted by molar-refractivity contribution is -0.139. The zero-order valence-electron chi connectivity index (χ0n) is 21.9. The van der Waals surface area contributed by atoms with Gasteiger partial charge < -0.3 is 24.1 Å². The van der Waals surface area contributed by atoms with Crippen LogP contribution in [0.3, 0.4) is 0 Å². The lowest BCUT2D eigenvalue weighted by Gasteiger charge is -2.24. The fraction of sp³-hybridized carbons (Fsp3) is 0.276. The molecule has 0 amide bonds. The van der Waals surface area contributed by atoms with Crippen molar-refractivity contribution in [3.8, 4) is 23.0 Å². The molecular formula is C29H28N2O7S. The van der Waals surface area contributed by atoms with Crippen molar-refractivity contribution in [3.05, 3.63) is 90.6 Å². The first-order chi connectivity index (χ1) is 18.9. The van der Waals surface area contributed by atoms with E-state index in [4.69, 9.17) is 18.9 Å². The fourth-order valence-corrected chi connectivity index (χ4v) is 5.74. The van der Waals surface area contributed by atoms with E-state index < -0.39 is 12.0 Å². The van der Waals surface area contributed by atoms with Crippen LogP contribution in [0.1, 0.15) is 43.5 Å². The van der Waals surface area contributed by atoms with Crippen LogP contribution in [0, 0.1) is 0 Å². The lowest BCUT2D eigenvalue weighted by atomic mass is 9.95. The molecule has 0 saturated heterocycles. The molecule has 3 heterocycles. The number of carbonyl (C=O) groups is 1. The van der Waals surface area contributed by atoms with E-state index in [9.17, 15) is 14.7 Å². The first-order valence-corrected chi connectivity index (χ1v) is 13.4. The number of phenols is 1. The van der Waals surface area contributed by atoms with Gasteiger partial charge in [-0.2, -0.15) is 0 Å². The number of esters is 1. The summed E-state index contributed by atoms with van der Waals surface area (Å²) in [6, 6.07) is 8.06. The number of rotatable bonds is 8. The number of carbonyl (C=O) groups excluding carboxylic acids is 1. The zero-order chi connectivity index (χ0) is 27.7. The maximum atomic E-state index is 13.9. The number of nitrogens with zero attached hydrogens (tertiary/aromatic N) is 2. The second-order valence-electron chi connectivity index (χ2n) is 8.87. The molecule has 39 heavy (non-hydrogen) atoms. The molecule has 2 aliphatic rings. The molecule has 2 aromatic carbocycles. The van der Waals surface area contributed by atoms with Gasteiger partial charge in [0.15, 0.2) is 27.8 Å². The maximum absolute atomic E-state index is 13.9. The van der Waals surface area contributed by atoms with Gasteiger partial charge in [-0.1, -0.05) is 23.5 Å². The number of aromatic nitrogens is 1. The van der Waals surface area contributed by atoms with Crippen molar-refractivity contribution >= 4 is 23.4 Å². The average molecular weight is 549 g/mol. The molecule has 0 saturated carbocycles. The molecule has 1 N–H and O–H groups in total. The Bertz CT molecular complexity index is 1680. The Morgan fingerprint density at radius 1 is 1.23 bits per heavy atom. The maximum Gasteiger partial charge on any atom is 0.338 e. The Morgan fingerprint density at radius 2 is 2.03 bits per heavy atom. The summed E-state index contributed by atoms with van der Waals surface area (Å²) >= 11 is 1.22. The summed E-state index contributed by atoms with van der Waals surface area (Å²) in [5.74, 6) is 0.971. The van der Waals surface area contributed by atoms with Gasteiger partial charge in [-0.3, -0.25) is 9.36 Å². The Kier molecular flexibility index (Phi) is 7.30. The van der Waals surface area contributed by atoms with Gasteiger partial charge in [-0.05, 0) is 68.7 Å². The van der Waals surface area contributed by atoms with Gasteiger partial charge in [-0.15, -0.1) is 6.58 Å². The van der Waals surface area contributed by atoms with Crippen molar-refractivity contribution < 1.29 is 28.8 Å². The van der Waals surface area contributed by atoms with E-state index >= 15 is 0 Å². The number of hydrogen-bond acceptors (Lipinski definition) is 9. The number of hydrogen-bond donors (Lipinski definition) is 1. The van der Waals surface area contributed by atoms with Gasteiger partial charge in [0.2, 0.25) is 6.79 Å². The van der Waals surface area contributed by atoms with E-state index in [1.807, 2.05) is 13.0 Å². The van der Waals surface area contributed by atoms with Crippen molar-refractivity contribution in [1.82, 2.24) is 4.57 Å². The molecule has 9 nitrogen and oxygen atoms in total. The van der Waals surface area contributed by atoms with Crippen LogP contribution in [0.5, 0.6) is 23.0 Å². The Balaban J connectivity index is 1.70. The van der Waals surface area contributed by atoms with Crippen LogP contribution in [0.4, 0.5) is 0 Å². The summed E-state index contributed by atoms with van der Waals surface area (Å²) in [6.07, 6.45) is 3.85. The highest BCUT2D eigenvalue weighted by Gasteiger charge is 2.34. The van der Waals surface area contributed by atoms with Gasteiger partial charge in [-0.25, -0.2) is 9.79 Å². The quantitative estimate of drug-likeness (QED) is 0.340. The summed E-state index contributed by atoms with van der Waals surface area (Å²) in [7, 11) is 0. The number of aromatic hydroxyl groups is 1. The number of benzene rings is 2. The summed E-state index contributed by atoms with van der Waals surface area (Å²) in [5.41, 5.74) is 2.42. The summed E-state index contributed by atoms with van der Waals surface area (Å²) in [5, 5.41) is 10.6. The van der Waals surface area contributed by atoms with Gasteiger partial charge in [0, 0.05) is 5.56 Å². The molecule has 1 aromatic heterocycles. The molecule has 5 rings (SSSR count). The third kappa shape index (κ3) is 4.83.